The number of rotatable bonds is 11. The molecule has 65 heavy (non-hydrogen) atoms. The van der Waals surface area contributed by atoms with Gasteiger partial charge in [0.1, 0.15) is 0 Å². The Morgan fingerprint density at radius 2 is 1.14 bits per heavy atom. The summed E-state index contributed by atoms with van der Waals surface area (Å²) in [5, 5.41) is 12.8. The first-order valence-corrected chi connectivity index (χ1v) is 24.2. The Balaban J connectivity index is 0.000000184. The zero-order chi connectivity index (χ0) is 45.7. The van der Waals surface area contributed by atoms with Crippen molar-refractivity contribution < 1.29 is 35.7 Å². The van der Waals surface area contributed by atoms with Gasteiger partial charge in [0, 0.05) is 69.2 Å². The molecule has 3 aliphatic heterocycles. The summed E-state index contributed by atoms with van der Waals surface area (Å²) in [6, 6.07) is 22.5. The van der Waals surface area contributed by atoms with Crippen LogP contribution in [0.1, 0.15) is 24.0 Å². The minimum Gasteiger partial charge on any atom is -0.379 e. The molecule has 0 radical (unpaired) electrons. The first-order chi connectivity index (χ1) is 31.2. The lowest BCUT2D eigenvalue weighted by Gasteiger charge is -2.26. The number of halogens is 2. The van der Waals surface area contributed by atoms with E-state index in [1.807, 2.05) is 6.07 Å². The van der Waals surface area contributed by atoms with Gasteiger partial charge in [-0.1, -0.05) is 23.2 Å². The number of hydrogen-bond donors (Lipinski definition) is 5. The molecule has 0 aliphatic carbocycles. The maximum atomic E-state index is 12.8. The third kappa shape index (κ3) is 11.4. The van der Waals surface area contributed by atoms with Crippen molar-refractivity contribution in [3.05, 3.63) is 118 Å². The Kier molecular flexibility index (Phi) is 13.7. The second-order valence-corrected chi connectivity index (χ2v) is 19.6. The largest absolute Gasteiger partial charge is 0.379 e. The Morgan fingerprint density at radius 3 is 1.62 bits per heavy atom. The topological polar surface area (TPSA) is 235 Å². The van der Waals surface area contributed by atoms with Crippen molar-refractivity contribution in [2.75, 3.05) is 59.9 Å². The number of carbonyl (C=O) groups excluding carboxylic acids is 2. The molecule has 336 valence electrons. The van der Waals surface area contributed by atoms with Gasteiger partial charge in [0.15, 0.2) is 9.84 Å². The van der Waals surface area contributed by atoms with Crippen LogP contribution in [0, 0.1) is 0 Å². The maximum Gasteiger partial charge on any atom is 0.294 e. The van der Waals surface area contributed by atoms with E-state index in [-0.39, 0.29) is 41.3 Å². The van der Waals surface area contributed by atoms with Gasteiger partial charge < -0.3 is 26.0 Å². The van der Waals surface area contributed by atoms with Crippen molar-refractivity contribution in [2.24, 2.45) is 0 Å². The quantitative estimate of drug-likeness (QED) is 0.0638. The number of unbranched alkanes of at least 4 members (excludes halogenated alkanes) is 1. The van der Waals surface area contributed by atoms with Crippen LogP contribution in [-0.2, 0) is 47.1 Å². The van der Waals surface area contributed by atoms with Crippen LogP contribution in [0.3, 0.4) is 0 Å². The minimum atomic E-state index is -4.26. The molecule has 17 nitrogen and oxygen atoms in total. The molecule has 1 fully saturated rings. The van der Waals surface area contributed by atoms with Crippen LogP contribution in [0.25, 0.3) is 22.5 Å². The molecule has 3 aliphatic rings. The molecular weight excluding hydrogens is 918 g/mol. The molecule has 6 aromatic rings. The zero-order valence-corrected chi connectivity index (χ0v) is 37.6. The summed E-state index contributed by atoms with van der Waals surface area (Å²) in [4.78, 5) is 44.5. The SMILES string of the molecule is O=C1Cc2cnc(Nc3ccc(S(=O)(=O)CCCCN4CCOCC4)cc3)nc2-c2ccc(Cl)cc2N1.O=C1Cc2cnc(Nc3ccc(S(=O)(=O)O)cc3)nc2-c2ccc(Cl)cc2N1. The number of hydrogen-bond acceptors (Lipinski definition) is 14. The van der Waals surface area contributed by atoms with Crippen LogP contribution in [0.4, 0.5) is 34.6 Å². The first kappa shape index (κ1) is 45.5. The monoisotopic (exact) mass is 957 g/mol. The van der Waals surface area contributed by atoms with Gasteiger partial charge in [-0.2, -0.15) is 8.42 Å². The molecule has 4 aromatic carbocycles. The predicted octanol–water partition coefficient (Wildman–Crippen LogP) is 7.20. The Bertz CT molecular complexity index is 2990. The third-order valence-corrected chi connectivity index (χ3v) is 13.7. The zero-order valence-electron chi connectivity index (χ0n) is 34.4. The summed E-state index contributed by atoms with van der Waals surface area (Å²) in [6.07, 6.45) is 4.94. The average Bonchev–Trinajstić information content (AvgIpc) is 3.50. The van der Waals surface area contributed by atoms with Crippen molar-refractivity contribution in [1.82, 2.24) is 24.8 Å². The number of nitrogens with one attached hydrogen (secondary N) is 4. The summed E-state index contributed by atoms with van der Waals surface area (Å²) in [5.74, 6) is 0.381. The lowest BCUT2D eigenvalue weighted by Crippen LogP contribution is -2.36. The fourth-order valence-electron chi connectivity index (χ4n) is 7.33. The number of carbonyl (C=O) groups is 2. The molecule has 0 saturated carbocycles. The van der Waals surface area contributed by atoms with Gasteiger partial charge >= 0.3 is 0 Å². The predicted molar refractivity (Wildman–Crippen MR) is 247 cm³/mol. The van der Waals surface area contributed by atoms with Gasteiger partial charge in [-0.05, 0) is 104 Å². The Labute approximate surface area is 384 Å². The highest BCUT2D eigenvalue weighted by Crippen LogP contribution is 2.36. The van der Waals surface area contributed by atoms with Gasteiger partial charge in [-0.15, -0.1) is 0 Å². The fraction of sp³-hybridized carbons (Fsp3) is 0.227. The summed E-state index contributed by atoms with van der Waals surface area (Å²) < 4.78 is 62.2. The van der Waals surface area contributed by atoms with E-state index in [9.17, 15) is 26.4 Å². The number of anilines is 6. The van der Waals surface area contributed by atoms with Crippen LogP contribution < -0.4 is 21.3 Å². The summed E-state index contributed by atoms with van der Waals surface area (Å²) >= 11 is 12.1. The lowest BCUT2D eigenvalue weighted by molar-refractivity contribution is -0.116. The van der Waals surface area contributed by atoms with Crippen LogP contribution in [0.2, 0.25) is 10.0 Å². The number of amides is 2. The third-order valence-electron chi connectivity index (χ3n) is 10.6. The number of sulfone groups is 1. The van der Waals surface area contributed by atoms with Gasteiger partial charge in [0.25, 0.3) is 10.1 Å². The molecule has 21 heteroatoms. The Morgan fingerprint density at radius 1 is 0.662 bits per heavy atom. The van der Waals surface area contributed by atoms with Gasteiger partial charge in [-0.3, -0.25) is 19.0 Å². The van der Waals surface area contributed by atoms with Crippen LogP contribution >= 0.6 is 23.2 Å². The molecule has 1 saturated heterocycles. The molecule has 0 spiro atoms. The van der Waals surface area contributed by atoms with Crippen LogP contribution in [-0.4, -0.2) is 96.6 Å². The molecule has 5 heterocycles. The van der Waals surface area contributed by atoms with Crippen molar-refractivity contribution in [1.29, 1.82) is 0 Å². The number of fused-ring (bicyclic) bond motifs is 6. The van der Waals surface area contributed by atoms with E-state index in [0.717, 1.165) is 50.4 Å². The number of benzene rings is 4. The lowest BCUT2D eigenvalue weighted by atomic mass is 10.1. The molecule has 0 unspecified atom stereocenters. The van der Waals surface area contributed by atoms with E-state index in [1.165, 1.54) is 24.3 Å². The van der Waals surface area contributed by atoms with Crippen molar-refractivity contribution in [3.63, 3.8) is 0 Å². The van der Waals surface area contributed by atoms with E-state index in [2.05, 4.69) is 46.1 Å². The standard InChI is InChI=1S/C26H28ClN5O4S.C18H13ClN4O4S/c27-19-3-8-22-23(16-19)30-24(33)15-18-17-28-26(31-25(18)22)29-20-4-6-21(7-5-20)37(34,35)14-2-1-9-32-10-12-36-13-11-32;19-11-1-6-14-15(8-11)22-16(24)7-10-9-20-18(23-17(10)14)21-12-2-4-13(5-3-12)28(25,26)27/h3-8,16-17H,1-2,9-15H2,(H,30,33)(H,28,29,31);1-6,8-9H,7H2,(H,22,24)(H,20,21,23)(H,25,26,27). The highest BCUT2D eigenvalue weighted by molar-refractivity contribution is 7.91. The second-order valence-electron chi connectivity index (χ2n) is 15.2. The van der Waals surface area contributed by atoms with Crippen molar-refractivity contribution >= 4 is 89.6 Å². The first-order valence-electron chi connectivity index (χ1n) is 20.3. The number of nitrogens with zero attached hydrogens (tertiary/aromatic N) is 5. The molecule has 9 rings (SSSR count). The highest BCUT2D eigenvalue weighted by atomic mass is 35.5. The number of aromatic nitrogens is 4. The van der Waals surface area contributed by atoms with Gasteiger partial charge in [-0.25, -0.2) is 28.4 Å². The number of ether oxygens (including phenoxy) is 1. The van der Waals surface area contributed by atoms with E-state index in [1.54, 1.807) is 67.0 Å². The van der Waals surface area contributed by atoms with E-state index in [0.29, 0.717) is 72.6 Å². The molecule has 5 N–H and O–H groups in total. The van der Waals surface area contributed by atoms with Crippen LogP contribution in [0.5, 0.6) is 0 Å². The maximum absolute atomic E-state index is 12.8. The van der Waals surface area contributed by atoms with Gasteiger partial charge in [0.2, 0.25) is 23.7 Å². The highest BCUT2D eigenvalue weighted by Gasteiger charge is 2.24. The smallest absolute Gasteiger partial charge is 0.294 e. The minimum absolute atomic E-state index is 0.119. The molecular formula is C44H41Cl2N9O8S2. The van der Waals surface area contributed by atoms with Crippen molar-refractivity contribution in [3.8, 4) is 22.5 Å². The fourth-order valence-corrected chi connectivity index (χ4v) is 9.53. The summed E-state index contributed by atoms with van der Waals surface area (Å²) in [6.45, 7) is 4.20. The average molecular weight is 959 g/mol. The van der Waals surface area contributed by atoms with E-state index >= 15 is 0 Å². The normalized spacial score (nSPS) is 14.7. The molecule has 0 bridgehead atoms. The summed E-state index contributed by atoms with van der Waals surface area (Å²) in [7, 11) is -7.62. The van der Waals surface area contributed by atoms with Crippen LogP contribution in [0.15, 0.2) is 107 Å². The van der Waals surface area contributed by atoms with E-state index in [4.69, 9.17) is 32.5 Å². The molecule has 0 atom stereocenters. The van der Waals surface area contributed by atoms with E-state index < -0.39 is 20.0 Å². The molecule has 2 amide bonds. The Hall–Kier alpha value is -6.06. The van der Waals surface area contributed by atoms with Gasteiger partial charge in [0.05, 0.1) is 64.4 Å². The second kappa shape index (κ2) is 19.6. The number of morpholine rings is 1. The van der Waals surface area contributed by atoms with Crippen molar-refractivity contribution in [2.45, 2.75) is 35.5 Å². The molecule has 2 aromatic heterocycles. The summed E-state index contributed by atoms with van der Waals surface area (Å²) in [5.41, 5.74) is 6.44.